The highest BCUT2D eigenvalue weighted by atomic mass is 32.2. The highest BCUT2D eigenvalue weighted by molar-refractivity contribution is 7.90. The van der Waals surface area contributed by atoms with E-state index in [-0.39, 0.29) is 13.2 Å². The van der Waals surface area contributed by atoms with E-state index in [0.29, 0.717) is 11.3 Å². The fraction of sp³-hybridized carbons (Fsp3) is 0.375. The molecule has 1 aromatic carbocycles. The summed E-state index contributed by atoms with van der Waals surface area (Å²) in [5, 5.41) is 21.3. The van der Waals surface area contributed by atoms with Gasteiger partial charge in [-0.05, 0) is 24.6 Å². The van der Waals surface area contributed by atoms with E-state index in [9.17, 15) is 23.6 Å². The second-order valence-electron chi connectivity index (χ2n) is 5.85. The number of hydrogen-bond acceptors (Lipinski definition) is 11. The van der Waals surface area contributed by atoms with Crippen LogP contribution in [0.2, 0.25) is 0 Å². The van der Waals surface area contributed by atoms with E-state index in [2.05, 4.69) is 9.97 Å². The number of sulfone groups is 1. The molecule has 1 aromatic heterocycles. The van der Waals surface area contributed by atoms with Crippen LogP contribution in [-0.2, 0) is 21.1 Å². The summed E-state index contributed by atoms with van der Waals surface area (Å²) in [6.45, 7) is 1.56. The van der Waals surface area contributed by atoms with Crippen molar-refractivity contribution >= 4 is 27.2 Å². The lowest BCUT2D eigenvalue weighted by atomic mass is 10.2. The first kappa shape index (κ1) is 22.3. The molecule has 0 saturated heterocycles. The summed E-state index contributed by atoms with van der Waals surface area (Å²) in [4.78, 5) is 19.1. The zero-order chi connectivity index (χ0) is 21.8. The summed E-state index contributed by atoms with van der Waals surface area (Å²) in [6, 6.07) is 6.70. The molecule has 2 aromatic rings. The van der Waals surface area contributed by atoms with Crippen LogP contribution >= 0.6 is 0 Å². The number of aliphatic hydroxyl groups is 1. The van der Waals surface area contributed by atoms with Gasteiger partial charge in [-0.2, -0.15) is 9.97 Å². The minimum absolute atomic E-state index is 0.0725. The molecule has 0 radical (unpaired) electrons. The first-order valence-corrected chi connectivity index (χ1v) is 10.2. The zero-order valence-corrected chi connectivity index (χ0v) is 16.8. The summed E-state index contributed by atoms with van der Waals surface area (Å²) in [7, 11) is -2.47. The summed E-state index contributed by atoms with van der Waals surface area (Å²) >= 11 is 0. The summed E-state index contributed by atoms with van der Waals surface area (Å²) in [6.07, 6.45) is -0.838. The Labute approximate surface area is 167 Å². The van der Waals surface area contributed by atoms with Crippen molar-refractivity contribution in [3.8, 4) is 5.75 Å². The van der Waals surface area contributed by atoms with Gasteiger partial charge in [0.2, 0.25) is 27.9 Å². The fourth-order valence-corrected chi connectivity index (χ4v) is 2.96. The Kier molecular flexibility index (Phi) is 6.89. The maximum absolute atomic E-state index is 11.9. The number of nitrogens with zero attached hydrogens (tertiary/aromatic N) is 4. The second kappa shape index (κ2) is 8.98. The minimum Gasteiger partial charge on any atom is -0.497 e. The zero-order valence-electron chi connectivity index (χ0n) is 16.0. The molecule has 13 heteroatoms. The third kappa shape index (κ3) is 5.28. The number of methoxy groups -OCH3 is 1. The molecule has 1 unspecified atom stereocenters. The Hall–Kier alpha value is -3.03. The first-order chi connectivity index (χ1) is 13.6. The highest BCUT2D eigenvalue weighted by Crippen LogP contribution is 2.34. The number of nitrogens with two attached hydrogens (primary N) is 1. The third-order valence-corrected chi connectivity index (χ3v) is 4.57. The molecule has 0 aliphatic heterocycles. The van der Waals surface area contributed by atoms with Crippen LogP contribution in [0, 0.1) is 10.1 Å². The van der Waals surface area contributed by atoms with Gasteiger partial charge in [-0.25, -0.2) is 8.42 Å². The molecule has 1 heterocycles. The molecule has 158 valence electrons. The quantitative estimate of drug-likeness (QED) is 0.250. The molecular formula is C16H21N5O7S. The van der Waals surface area contributed by atoms with E-state index in [1.54, 1.807) is 31.2 Å². The Bertz CT molecular complexity index is 999. The number of ether oxygens (including phenoxy) is 2. The summed E-state index contributed by atoms with van der Waals surface area (Å²) < 4.78 is 34.1. The van der Waals surface area contributed by atoms with E-state index in [4.69, 9.17) is 15.2 Å². The molecule has 0 amide bonds. The molecule has 0 saturated carbocycles. The number of anilines is 2. The molecule has 0 fully saturated rings. The van der Waals surface area contributed by atoms with E-state index < -0.39 is 43.7 Å². The van der Waals surface area contributed by atoms with Crippen molar-refractivity contribution in [2.75, 3.05) is 30.6 Å². The normalized spacial score (nSPS) is 12.4. The van der Waals surface area contributed by atoms with Gasteiger partial charge in [0.05, 0.1) is 12.0 Å². The van der Waals surface area contributed by atoms with Gasteiger partial charge in [0.1, 0.15) is 5.75 Å². The van der Waals surface area contributed by atoms with Crippen molar-refractivity contribution < 1.29 is 27.9 Å². The van der Waals surface area contributed by atoms with Crippen LogP contribution in [0.1, 0.15) is 12.5 Å². The van der Waals surface area contributed by atoms with Crippen LogP contribution in [0.3, 0.4) is 0 Å². The lowest BCUT2D eigenvalue weighted by Crippen LogP contribution is -2.38. The molecular weight excluding hydrogens is 406 g/mol. The maximum Gasteiger partial charge on any atom is 0.353 e. The Morgan fingerprint density at radius 2 is 2.07 bits per heavy atom. The van der Waals surface area contributed by atoms with Crippen molar-refractivity contribution in [3.63, 3.8) is 0 Å². The number of aromatic nitrogens is 2. The Morgan fingerprint density at radius 3 is 2.62 bits per heavy atom. The largest absolute Gasteiger partial charge is 0.497 e. The van der Waals surface area contributed by atoms with Crippen LogP contribution in [0.5, 0.6) is 5.75 Å². The van der Waals surface area contributed by atoms with Crippen LogP contribution in [0.15, 0.2) is 29.4 Å². The van der Waals surface area contributed by atoms with Crippen LogP contribution < -0.4 is 15.4 Å². The van der Waals surface area contributed by atoms with Gasteiger partial charge in [-0.1, -0.05) is 12.1 Å². The SMILES string of the molecule is CCOC(O)N(Cc1cccc(OC)c1)c1nc(S(C)(=O)=O)nc(N)c1[N+](=O)[O-]. The van der Waals surface area contributed by atoms with E-state index in [0.717, 1.165) is 11.2 Å². The number of hydrogen-bond donors (Lipinski definition) is 2. The van der Waals surface area contributed by atoms with Gasteiger partial charge in [-0.15, -0.1) is 0 Å². The monoisotopic (exact) mass is 427 g/mol. The van der Waals surface area contributed by atoms with Gasteiger partial charge >= 0.3 is 5.69 Å². The molecule has 0 bridgehead atoms. The highest BCUT2D eigenvalue weighted by Gasteiger charge is 2.33. The van der Waals surface area contributed by atoms with Crippen molar-refractivity contribution in [2.45, 2.75) is 25.0 Å². The van der Waals surface area contributed by atoms with Crippen LogP contribution in [-0.4, -0.2) is 54.8 Å². The predicted octanol–water partition coefficient (Wildman–Crippen LogP) is 0.698. The Morgan fingerprint density at radius 1 is 1.38 bits per heavy atom. The lowest BCUT2D eigenvalue weighted by Gasteiger charge is -2.28. The average molecular weight is 427 g/mol. The van der Waals surface area contributed by atoms with Crippen molar-refractivity contribution in [2.24, 2.45) is 0 Å². The van der Waals surface area contributed by atoms with E-state index >= 15 is 0 Å². The number of nitrogen functional groups attached to an aromatic ring is 1. The Balaban J connectivity index is 2.68. The van der Waals surface area contributed by atoms with E-state index in [1.807, 2.05) is 0 Å². The number of nitro groups is 1. The smallest absolute Gasteiger partial charge is 0.353 e. The van der Waals surface area contributed by atoms with Gasteiger partial charge in [-0.3, -0.25) is 15.0 Å². The third-order valence-electron chi connectivity index (χ3n) is 3.73. The number of benzene rings is 1. The van der Waals surface area contributed by atoms with Gasteiger partial charge in [0, 0.05) is 19.4 Å². The summed E-state index contributed by atoms with van der Waals surface area (Å²) in [5.74, 6) is -0.631. The first-order valence-electron chi connectivity index (χ1n) is 8.29. The molecule has 0 aliphatic carbocycles. The topological polar surface area (TPSA) is 171 Å². The summed E-state index contributed by atoms with van der Waals surface area (Å²) in [5.41, 5.74) is 5.47. The van der Waals surface area contributed by atoms with Gasteiger partial charge in [0.25, 0.3) is 5.16 Å². The van der Waals surface area contributed by atoms with Gasteiger partial charge < -0.3 is 20.3 Å². The van der Waals surface area contributed by atoms with Crippen LogP contribution in [0.4, 0.5) is 17.3 Å². The average Bonchev–Trinajstić information content (AvgIpc) is 2.64. The predicted molar refractivity (Wildman–Crippen MR) is 103 cm³/mol. The molecule has 2 rings (SSSR count). The maximum atomic E-state index is 11.9. The van der Waals surface area contributed by atoms with E-state index in [1.165, 1.54) is 7.11 Å². The molecule has 3 N–H and O–H groups in total. The van der Waals surface area contributed by atoms with Gasteiger partial charge in [0.15, 0.2) is 0 Å². The minimum atomic E-state index is -3.94. The van der Waals surface area contributed by atoms with Crippen molar-refractivity contribution in [3.05, 3.63) is 39.9 Å². The van der Waals surface area contributed by atoms with Crippen molar-refractivity contribution in [1.82, 2.24) is 9.97 Å². The lowest BCUT2D eigenvalue weighted by molar-refractivity contribution is -0.383. The number of rotatable bonds is 9. The fourth-order valence-electron chi connectivity index (χ4n) is 2.44. The molecule has 1 atom stereocenters. The van der Waals surface area contributed by atoms with Crippen molar-refractivity contribution in [1.29, 1.82) is 0 Å². The molecule has 0 aliphatic rings. The second-order valence-corrected chi connectivity index (χ2v) is 7.76. The van der Waals surface area contributed by atoms with Crippen LogP contribution in [0.25, 0.3) is 0 Å². The number of aliphatic hydroxyl groups excluding tert-OH is 1. The molecule has 29 heavy (non-hydrogen) atoms. The molecule has 12 nitrogen and oxygen atoms in total. The molecule has 0 spiro atoms. The standard InChI is InChI=1S/C16H21N5O7S/c1-4-28-16(22)20(9-10-6-5-7-11(8-10)27-2)14-12(21(23)24)13(17)18-15(19-14)29(3,25)26/h5-8,16,22H,4,9H2,1-3H3,(H2,17,18,19).